The molecular formula is C48H24F12N2O2. The quantitative estimate of drug-likeness (QED) is 0.128. The molecule has 1 aliphatic rings. The largest absolute Gasteiger partial charge is 0.416 e. The Balaban J connectivity index is 1.34. The highest BCUT2D eigenvalue weighted by Crippen LogP contribution is 2.48. The average Bonchev–Trinajstić information content (AvgIpc) is 3.73. The first-order valence-corrected chi connectivity index (χ1v) is 18.9. The number of halogens is 12. The lowest BCUT2D eigenvalue weighted by atomic mass is 9.91. The van der Waals surface area contributed by atoms with Crippen LogP contribution in [0.3, 0.4) is 0 Å². The van der Waals surface area contributed by atoms with Gasteiger partial charge in [0.15, 0.2) is 0 Å². The molecule has 0 fully saturated rings. The number of nitrogens with zero attached hydrogens (tertiary/aromatic N) is 2. The van der Waals surface area contributed by atoms with Gasteiger partial charge in [-0.25, -0.2) is 4.90 Å². The normalized spacial score (nSPS) is 13.7. The lowest BCUT2D eigenvalue weighted by Gasteiger charge is -2.16. The first kappa shape index (κ1) is 42.0. The van der Waals surface area contributed by atoms with Gasteiger partial charge in [0, 0.05) is 10.8 Å². The lowest BCUT2D eigenvalue weighted by molar-refractivity contribution is -0.144. The first-order chi connectivity index (χ1) is 30.1. The molecule has 64 heavy (non-hydrogen) atoms. The van der Waals surface area contributed by atoms with E-state index in [1.165, 1.54) is 47.0 Å². The maximum Gasteiger partial charge on any atom is 0.416 e. The molecule has 9 rings (SSSR count). The molecule has 2 amide bonds. The third kappa shape index (κ3) is 7.12. The summed E-state index contributed by atoms with van der Waals surface area (Å²) >= 11 is 0. The number of aromatic nitrogens is 1. The molecule has 0 bridgehead atoms. The van der Waals surface area contributed by atoms with Gasteiger partial charge in [0.05, 0.1) is 55.8 Å². The number of alkyl halides is 12. The third-order valence-corrected chi connectivity index (χ3v) is 11.0. The fourth-order valence-corrected chi connectivity index (χ4v) is 8.19. The number of hydrogen-bond donors (Lipinski definition) is 0. The van der Waals surface area contributed by atoms with E-state index in [0.717, 1.165) is 28.2 Å². The van der Waals surface area contributed by atoms with Crippen molar-refractivity contribution in [2.75, 3.05) is 4.90 Å². The summed E-state index contributed by atoms with van der Waals surface area (Å²) in [6.07, 6.45) is -21.2. The third-order valence-electron chi connectivity index (χ3n) is 11.0. The van der Waals surface area contributed by atoms with E-state index in [2.05, 4.69) is 0 Å². The molecule has 0 unspecified atom stereocenters. The predicted molar refractivity (Wildman–Crippen MR) is 215 cm³/mol. The van der Waals surface area contributed by atoms with Crippen molar-refractivity contribution in [2.45, 2.75) is 24.7 Å². The van der Waals surface area contributed by atoms with Gasteiger partial charge in [-0.15, -0.1) is 0 Å². The first-order valence-electron chi connectivity index (χ1n) is 18.9. The zero-order chi connectivity index (χ0) is 45.7. The predicted octanol–water partition coefficient (Wildman–Crippen LogP) is 14.7. The Hall–Kier alpha value is -7.36. The molecule has 8 aromatic rings. The Morgan fingerprint density at radius 1 is 0.359 bits per heavy atom. The van der Waals surface area contributed by atoms with Crippen molar-refractivity contribution in [3.63, 3.8) is 0 Å². The summed E-state index contributed by atoms with van der Waals surface area (Å²) < 4.78 is 172. The van der Waals surface area contributed by atoms with Gasteiger partial charge in [0.25, 0.3) is 11.8 Å². The minimum absolute atomic E-state index is 0.0337. The number of carbonyl (C=O) groups is 2. The molecule has 0 N–H and O–H groups in total. The molecule has 0 saturated heterocycles. The molecule has 0 atom stereocenters. The topological polar surface area (TPSA) is 42.3 Å². The molecule has 4 nitrogen and oxygen atoms in total. The van der Waals surface area contributed by atoms with Crippen molar-refractivity contribution in [1.82, 2.24) is 4.57 Å². The van der Waals surface area contributed by atoms with E-state index in [-0.39, 0.29) is 67.6 Å². The highest BCUT2D eigenvalue weighted by Gasteiger charge is 2.41. The average molecular weight is 889 g/mol. The zero-order valence-corrected chi connectivity index (χ0v) is 32.1. The molecule has 2 heterocycles. The molecule has 1 aliphatic heterocycles. The molecule has 16 heteroatoms. The van der Waals surface area contributed by atoms with Crippen LogP contribution in [-0.4, -0.2) is 16.4 Å². The Morgan fingerprint density at radius 3 is 1.20 bits per heavy atom. The number of carbonyl (C=O) groups excluding carboxylic acids is 2. The van der Waals surface area contributed by atoms with Gasteiger partial charge < -0.3 is 4.57 Å². The second-order valence-corrected chi connectivity index (χ2v) is 14.9. The van der Waals surface area contributed by atoms with E-state index in [1.54, 1.807) is 24.3 Å². The van der Waals surface area contributed by atoms with E-state index in [0.29, 0.717) is 24.3 Å². The number of imide groups is 1. The lowest BCUT2D eigenvalue weighted by Crippen LogP contribution is -2.29. The molecular weight excluding hydrogens is 865 g/mol. The molecule has 0 aliphatic carbocycles. The van der Waals surface area contributed by atoms with Crippen LogP contribution >= 0.6 is 0 Å². The Bertz CT molecular complexity index is 3000. The van der Waals surface area contributed by atoms with Gasteiger partial charge in [-0.3, -0.25) is 9.59 Å². The van der Waals surface area contributed by atoms with E-state index < -0.39 is 69.9 Å². The highest BCUT2D eigenvalue weighted by atomic mass is 19.4. The highest BCUT2D eigenvalue weighted by molar-refractivity contribution is 6.36. The molecule has 0 spiro atoms. The summed E-state index contributed by atoms with van der Waals surface area (Å²) in [4.78, 5) is 29.5. The molecule has 0 saturated carbocycles. The van der Waals surface area contributed by atoms with Crippen LogP contribution in [0.2, 0.25) is 0 Å². The van der Waals surface area contributed by atoms with Gasteiger partial charge in [-0.2, -0.15) is 52.7 Å². The number of rotatable bonds is 5. The van der Waals surface area contributed by atoms with Crippen LogP contribution in [0, 0.1) is 0 Å². The number of anilines is 1. The molecule has 322 valence electrons. The molecule has 7 aromatic carbocycles. The number of amides is 2. The van der Waals surface area contributed by atoms with E-state index in [9.17, 15) is 62.3 Å². The smallest absolute Gasteiger partial charge is 0.308 e. The maximum atomic E-state index is 14.5. The summed E-state index contributed by atoms with van der Waals surface area (Å²) in [5.41, 5.74) is -7.26. The van der Waals surface area contributed by atoms with Crippen molar-refractivity contribution >= 4 is 39.3 Å². The SMILES string of the molecule is O=C1c2cccc(-n3c4cccc(-c5cc(C(F)(F)F)cc(C(F)(F)F)c5)c4c4c(-c5cc(C(F)(F)F)cc(C(F)(F)F)c5)cccc43)c2C(=O)N1c1ccc(-c2ccccc2)cc1. The van der Waals surface area contributed by atoms with Crippen LogP contribution in [-0.2, 0) is 24.7 Å². The van der Waals surface area contributed by atoms with Crippen LogP contribution in [0.25, 0.3) is 60.9 Å². The van der Waals surface area contributed by atoms with Crippen LogP contribution in [0.15, 0.2) is 146 Å². The standard InChI is InChI=1S/C48H24F12N2O2/c49-45(50,51)29-19-27(20-30(23-29)46(52,53)54)34-9-4-12-37-40(34)41-35(28-21-31(47(55,56)57)24-32(22-28)48(58,59)60)10-5-13-38(41)62(37)39-14-6-11-36-42(39)44(64)61(43(36)63)33-17-15-26(16-18-33)25-7-2-1-3-8-25/h1-24H. The van der Waals surface area contributed by atoms with Crippen molar-refractivity contribution in [2.24, 2.45) is 0 Å². The fraction of sp³-hybridized carbons (Fsp3) is 0.0833. The summed E-state index contributed by atoms with van der Waals surface area (Å²) in [6, 6.07) is 29.1. The van der Waals surface area contributed by atoms with Crippen LogP contribution in [0.5, 0.6) is 0 Å². The van der Waals surface area contributed by atoms with Crippen LogP contribution < -0.4 is 4.90 Å². The number of benzene rings is 7. The van der Waals surface area contributed by atoms with E-state index in [4.69, 9.17) is 0 Å². The number of fused-ring (bicyclic) bond motifs is 4. The van der Waals surface area contributed by atoms with Crippen LogP contribution in [0.4, 0.5) is 58.4 Å². The number of hydrogen-bond acceptors (Lipinski definition) is 2. The van der Waals surface area contributed by atoms with Crippen molar-refractivity contribution < 1.29 is 62.3 Å². The van der Waals surface area contributed by atoms with E-state index >= 15 is 0 Å². The molecule has 0 radical (unpaired) electrons. The minimum atomic E-state index is -5.29. The molecule has 1 aromatic heterocycles. The van der Waals surface area contributed by atoms with Crippen LogP contribution in [0.1, 0.15) is 43.0 Å². The van der Waals surface area contributed by atoms with E-state index in [1.807, 2.05) is 30.3 Å². The summed E-state index contributed by atoms with van der Waals surface area (Å²) in [5, 5.41) is -0.372. The second-order valence-electron chi connectivity index (χ2n) is 14.9. The summed E-state index contributed by atoms with van der Waals surface area (Å²) in [7, 11) is 0. The fourth-order valence-electron chi connectivity index (χ4n) is 8.19. The monoisotopic (exact) mass is 888 g/mol. The second kappa shape index (κ2) is 14.6. The van der Waals surface area contributed by atoms with Gasteiger partial charge in [-0.1, -0.05) is 72.8 Å². The minimum Gasteiger partial charge on any atom is -0.308 e. The van der Waals surface area contributed by atoms with Gasteiger partial charge in [-0.05, 0) is 106 Å². The Kier molecular flexibility index (Phi) is 9.58. The maximum absolute atomic E-state index is 14.5. The van der Waals surface area contributed by atoms with Crippen molar-refractivity contribution in [3.8, 4) is 39.1 Å². The Morgan fingerprint density at radius 2 is 0.766 bits per heavy atom. The summed E-state index contributed by atoms with van der Waals surface area (Å²) in [6.45, 7) is 0. The van der Waals surface area contributed by atoms with Gasteiger partial charge in [0.1, 0.15) is 0 Å². The van der Waals surface area contributed by atoms with Crippen molar-refractivity contribution in [1.29, 1.82) is 0 Å². The zero-order valence-electron chi connectivity index (χ0n) is 32.1. The van der Waals surface area contributed by atoms with Gasteiger partial charge in [0.2, 0.25) is 0 Å². The Labute approximate surface area is 353 Å². The van der Waals surface area contributed by atoms with Crippen molar-refractivity contribution in [3.05, 3.63) is 179 Å². The summed E-state index contributed by atoms with van der Waals surface area (Å²) in [5.74, 6) is -1.57. The van der Waals surface area contributed by atoms with Gasteiger partial charge >= 0.3 is 24.7 Å².